The molecule has 1 amide bonds. The second kappa shape index (κ2) is 6.14. The van der Waals surface area contributed by atoms with Crippen molar-refractivity contribution in [2.75, 3.05) is 5.32 Å². The third-order valence-corrected chi connectivity index (χ3v) is 3.24. The number of hydrogen-bond donors (Lipinski definition) is 1. The third kappa shape index (κ3) is 3.65. The fourth-order valence-corrected chi connectivity index (χ4v) is 1.90. The lowest BCUT2D eigenvalue weighted by Gasteiger charge is -2.10. The zero-order valence-corrected chi connectivity index (χ0v) is 11.3. The Labute approximate surface area is 113 Å². The van der Waals surface area contributed by atoms with Gasteiger partial charge in [-0.05, 0) is 49.1 Å². The lowest BCUT2D eigenvalue weighted by molar-refractivity contribution is -0.116. The van der Waals surface area contributed by atoms with Crippen LogP contribution in [0.5, 0.6) is 0 Å². The van der Waals surface area contributed by atoms with Gasteiger partial charge in [0.05, 0.1) is 0 Å². The largest absolute Gasteiger partial charge is 0.326 e. The predicted octanol–water partition coefficient (Wildman–Crippen LogP) is 3.27. The van der Waals surface area contributed by atoms with Crippen LogP contribution in [0.1, 0.15) is 23.1 Å². The van der Waals surface area contributed by atoms with E-state index in [0.29, 0.717) is 12.8 Å². The number of carbonyl (C=O) groups is 1. The first kappa shape index (κ1) is 13.3. The maximum Gasteiger partial charge on any atom is 0.224 e. The monoisotopic (exact) mass is 254 g/mol. The van der Waals surface area contributed by atoms with Crippen molar-refractivity contribution in [2.45, 2.75) is 26.7 Å². The molecule has 0 atom stereocenters. The van der Waals surface area contributed by atoms with E-state index in [1.807, 2.05) is 44.2 Å². The van der Waals surface area contributed by atoms with E-state index in [4.69, 9.17) is 0 Å². The van der Waals surface area contributed by atoms with Crippen LogP contribution in [-0.4, -0.2) is 10.9 Å². The summed E-state index contributed by atoms with van der Waals surface area (Å²) in [6.45, 7) is 4.06. The molecule has 0 saturated carbocycles. The number of nitrogens with zero attached hydrogens (tertiary/aromatic N) is 1. The number of hydrogen-bond acceptors (Lipinski definition) is 2. The number of amides is 1. The Balaban J connectivity index is 1.93. The van der Waals surface area contributed by atoms with E-state index in [9.17, 15) is 4.79 Å². The Morgan fingerprint density at radius 3 is 2.79 bits per heavy atom. The molecule has 2 aromatic rings. The molecule has 1 aromatic heterocycles. The van der Waals surface area contributed by atoms with Crippen LogP contribution in [0, 0.1) is 13.8 Å². The molecule has 1 aromatic carbocycles. The van der Waals surface area contributed by atoms with E-state index in [1.54, 1.807) is 12.4 Å². The minimum absolute atomic E-state index is 0.0394. The smallest absolute Gasteiger partial charge is 0.224 e. The van der Waals surface area contributed by atoms with Crippen molar-refractivity contribution in [3.05, 3.63) is 59.4 Å². The molecular formula is C16H18N2O. The van der Waals surface area contributed by atoms with Crippen LogP contribution in [0.3, 0.4) is 0 Å². The van der Waals surface area contributed by atoms with Gasteiger partial charge in [0.25, 0.3) is 0 Å². The van der Waals surface area contributed by atoms with E-state index in [2.05, 4.69) is 10.3 Å². The SMILES string of the molecule is Cc1cccc(NC(=O)CCc2cccnc2)c1C. The van der Waals surface area contributed by atoms with Gasteiger partial charge in [-0.3, -0.25) is 9.78 Å². The maximum atomic E-state index is 11.9. The summed E-state index contributed by atoms with van der Waals surface area (Å²) in [5, 5.41) is 2.96. The summed E-state index contributed by atoms with van der Waals surface area (Å²) < 4.78 is 0. The molecule has 0 aliphatic carbocycles. The topological polar surface area (TPSA) is 42.0 Å². The molecule has 0 unspecified atom stereocenters. The predicted molar refractivity (Wildman–Crippen MR) is 77.1 cm³/mol. The highest BCUT2D eigenvalue weighted by molar-refractivity contribution is 5.91. The lowest BCUT2D eigenvalue weighted by Crippen LogP contribution is -2.13. The van der Waals surface area contributed by atoms with Crippen LogP contribution in [0.25, 0.3) is 0 Å². The molecule has 3 nitrogen and oxygen atoms in total. The van der Waals surface area contributed by atoms with Gasteiger partial charge in [0.15, 0.2) is 0 Å². The molecule has 0 aliphatic heterocycles. The van der Waals surface area contributed by atoms with Crippen molar-refractivity contribution < 1.29 is 4.79 Å². The number of carbonyl (C=O) groups excluding carboxylic acids is 1. The second-order valence-electron chi connectivity index (χ2n) is 4.66. The van der Waals surface area contributed by atoms with Crippen molar-refractivity contribution in [3.8, 4) is 0 Å². The van der Waals surface area contributed by atoms with Crippen molar-refractivity contribution in [3.63, 3.8) is 0 Å². The van der Waals surface area contributed by atoms with Gasteiger partial charge in [-0.2, -0.15) is 0 Å². The minimum Gasteiger partial charge on any atom is -0.326 e. The third-order valence-electron chi connectivity index (χ3n) is 3.24. The van der Waals surface area contributed by atoms with Gasteiger partial charge in [0.1, 0.15) is 0 Å². The van der Waals surface area contributed by atoms with E-state index in [-0.39, 0.29) is 5.91 Å². The molecule has 1 heterocycles. The molecule has 1 N–H and O–H groups in total. The summed E-state index contributed by atoms with van der Waals surface area (Å²) in [5.74, 6) is 0.0394. The molecule has 0 aliphatic rings. The summed E-state index contributed by atoms with van der Waals surface area (Å²) in [5.41, 5.74) is 4.29. The number of anilines is 1. The Hall–Kier alpha value is -2.16. The van der Waals surface area contributed by atoms with Gasteiger partial charge >= 0.3 is 0 Å². The van der Waals surface area contributed by atoms with Gasteiger partial charge in [0.2, 0.25) is 5.91 Å². The molecule has 2 rings (SSSR count). The molecule has 3 heteroatoms. The molecule has 0 bridgehead atoms. The van der Waals surface area contributed by atoms with E-state index in [0.717, 1.165) is 16.8 Å². The molecule has 0 radical (unpaired) electrons. The normalized spacial score (nSPS) is 10.2. The minimum atomic E-state index is 0.0394. The number of rotatable bonds is 4. The summed E-state index contributed by atoms with van der Waals surface area (Å²) in [7, 11) is 0. The van der Waals surface area contributed by atoms with Gasteiger partial charge in [-0.15, -0.1) is 0 Å². The van der Waals surface area contributed by atoms with Crippen LogP contribution in [0.4, 0.5) is 5.69 Å². The maximum absolute atomic E-state index is 11.9. The highest BCUT2D eigenvalue weighted by atomic mass is 16.1. The fourth-order valence-electron chi connectivity index (χ4n) is 1.90. The number of aromatic nitrogens is 1. The van der Waals surface area contributed by atoms with Crippen LogP contribution in [0.15, 0.2) is 42.7 Å². The Morgan fingerprint density at radius 1 is 1.21 bits per heavy atom. The van der Waals surface area contributed by atoms with Gasteiger partial charge in [0, 0.05) is 24.5 Å². The van der Waals surface area contributed by atoms with E-state index < -0.39 is 0 Å². The number of pyridine rings is 1. The molecule has 0 spiro atoms. The zero-order chi connectivity index (χ0) is 13.7. The second-order valence-corrected chi connectivity index (χ2v) is 4.66. The van der Waals surface area contributed by atoms with Crippen molar-refractivity contribution >= 4 is 11.6 Å². The summed E-state index contributed by atoms with van der Waals surface area (Å²) in [6.07, 6.45) is 4.72. The Bertz CT molecular complexity index is 564. The average molecular weight is 254 g/mol. The molecule has 0 fully saturated rings. The molecule has 0 saturated heterocycles. The van der Waals surface area contributed by atoms with Gasteiger partial charge < -0.3 is 5.32 Å². The number of benzene rings is 1. The molecular weight excluding hydrogens is 236 g/mol. The standard InChI is InChI=1S/C16H18N2O/c1-12-5-3-7-15(13(12)2)18-16(19)9-8-14-6-4-10-17-11-14/h3-7,10-11H,8-9H2,1-2H3,(H,18,19). The Kier molecular flexibility index (Phi) is 4.29. The number of aryl methyl sites for hydroxylation is 2. The van der Waals surface area contributed by atoms with Gasteiger partial charge in [-0.1, -0.05) is 18.2 Å². The summed E-state index contributed by atoms with van der Waals surface area (Å²) in [4.78, 5) is 16.0. The van der Waals surface area contributed by atoms with Crippen LogP contribution in [0.2, 0.25) is 0 Å². The number of nitrogens with one attached hydrogen (secondary N) is 1. The first-order chi connectivity index (χ1) is 9.16. The van der Waals surface area contributed by atoms with E-state index >= 15 is 0 Å². The van der Waals surface area contributed by atoms with Gasteiger partial charge in [-0.25, -0.2) is 0 Å². The van der Waals surface area contributed by atoms with Crippen molar-refractivity contribution in [1.29, 1.82) is 0 Å². The van der Waals surface area contributed by atoms with Crippen LogP contribution >= 0.6 is 0 Å². The van der Waals surface area contributed by atoms with E-state index in [1.165, 1.54) is 5.56 Å². The molecule has 19 heavy (non-hydrogen) atoms. The average Bonchev–Trinajstić information content (AvgIpc) is 2.43. The zero-order valence-electron chi connectivity index (χ0n) is 11.3. The van der Waals surface area contributed by atoms with Crippen LogP contribution < -0.4 is 5.32 Å². The Morgan fingerprint density at radius 2 is 2.05 bits per heavy atom. The van der Waals surface area contributed by atoms with Crippen molar-refractivity contribution in [1.82, 2.24) is 4.98 Å². The van der Waals surface area contributed by atoms with Crippen molar-refractivity contribution in [2.24, 2.45) is 0 Å². The summed E-state index contributed by atoms with van der Waals surface area (Å²) in [6, 6.07) is 9.81. The first-order valence-electron chi connectivity index (χ1n) is 6.42. The van der Waals surface area contributed by atoms with Crippen LogP contribution in [-0.2, 0) is 11.2 Å². The quantitative estimate of drug-likeness (QED) is 0.909. The molecule has 98 valence electrons. The first-order valence-corrected chi connectivity index (χ1v) is 6.42. The fraction of sp³-hybridized carbons (Fsp3) is 0.250. The highest BCUT2D eigenvalue weighted by Crippen LogP contribution is 2.18. The lowest BCUT2D eigenvalue weighted by atomic mass is 10.1. The summed E-state index contributed by atoms with van der Waals surface area (Å²) >= 11 is 0. The highest BCUT2D eigenvalue weighted by Gasteiger charge is 2.06.